The summed E-state index contributed by atoms with van der Waals surface area (Å²) >= 11 is 2.03. The third-order valence-corrected chi connectivity index (χ3v) is 4.75. The van der Waals surface area contributed by atoms with Gasteiger partial charge >= 0.3 is 0 Å². The van der Waals surface area contributed by atoms with Gasteiger partial charge in [0.1, 0.15) is 5.82 Å². The highest BCUT2D eigenvalue weighted by atomic mass is 32.2. The van der Waals surface area contributed by atoms with Crippen LogP contribution in [0.25, 0.3) is 0 Å². The lowest BCUT2D eigenvalue weighted by atomic mass is 10.2. The number of aryl methyl sites for hydroxylation is 2. The highest BCUT2D eigenvalue weighted by molar-refractivity contribution is 7.99. The number of aromatic nitrogens is 3. The molecule has 2 aromatic rings. The van der Waals surface area contributed by atoms with Gasteiger partial charge in [0.05, 0.1) is 0 Å². The normalized spacial score (nSPS) is 18.9. The Hall–Kier alpha value is -1.49. The number of pyridine rings is 1. The molecule has 0 amide bonds. The summed E-state index contributed by atoms with van der Waals surface area (Å²) in [5.41, 5.74) is 1.30. The van der Waals surface area contributed by atoms with Gasteiger partial charge < -0.3 is 5.32 Å². The molecule has 1 atom stereocenters. The minimum Gasteiger partial charge on any atom is -0.365 e. The second kappa shape index (κ2) is 6.79. The van der Waals surface area contributed by atoms with Crippen LogP contribution in [0, 0.1) is 0 Å². The Labute approximate surface area is 124 Å². The first-order valence-corrected chi connectivity index (χ1v) is 8.32. The molecule has 106 valence electrons. The fourth-order valence-electron chi connectivity index (χ4n) is 2.42. The Morgan fingerprint density at radius 2 is 2.20 bits per heavy atom. The van der Waals surface area contributed by atoms with E-state index in [0.717, 1.165) is 18.8 Å². The molecule has 0 saturated carbocycles. The lowest BCUT2D eigenvalue weighted by molar-refractivity contribution is 0.611. The van der Waals surface area contributed by atoms with Gasteiger partial charge in [-0.3, -0.25) is 9.67 Å². The number of anilines is 1. The molecule has 1 aliphatic rings. The summed E-state index contributed by atoms with van der Waals surface area (Å²) in [6, 6.07) is 6.77. The molecular weight excluding hydrogens is 268 g/mol. The smallest absolute Gasteiger partial charge is 0.148 e. The van der Waals surface area contributed by atoms with Crippen LogP contribution in [-0.4, -0.2) is 32.3 Å². The zero-order valence-electron chi connectivity index (χ0n) is 11.5. The second-order valence-corrected chi connectivity index (χ2v) is 6.28. The molecule has 0 spiro atoms. The van der Waals surface area contributed by atoms with Gasteiger partial charge in [0.2, 0.25) is 0 Å². The van der Waals surface area contributed by atoms with E-state index in [-0.39, 0.29) is 0 Å². The Bertz CT molecular complexity index is 520. The van der Waals surface area contributed by atoms with Crippen molar-refractivity contribution in [1.29, 1.82) is 0 Å². The summed E-state index contributed by atoms with van der Waals surface area (Å²) in [4.78, 5) is 4.04. The fraction of sp³-hybridized carbons (Fsp3) is 0.467. The third-order valence-electron chi connectivity index (χ3n) is 3.53. The van der Waals surface area contributed by atoms with Crippen LogP contribution in [0.3, 0.4) is 0 Å². The number of nitrogens with one attached hydrogen (secondary N) is 1. The topological polar surface area (TPSA) is 42.7 Å². The van der Waals surface area contributed by atoms with Crippen molar-refractivity contribution in [2.45, 2.75) is 31.8 Å². The molecule has 0 aromatic carbocycles. The van der Waals surface area contributed by atoms with Gasteiger partial charge in [0.15, 0.2) is 0 Å². The van der Waals surface area contributed by atoms with Crippen molar-refractivity contribution in [2.24, 2.45) is 0 Å². The van der Waals surface area contributed by atoms with E-state index in [0.29, 0.717) is 6.04 Å². The minimum atomic E-state index is 0.581. The third kappa shape index (κ3) is 3.76. The number of thioether (sulfide) groups is 1. The summed E-state index contributed by atoms with van der Waals surface area (Å²) in [6.45, 7) is 0.908. The number of hydrogen-bond donors (Lipinski definition) is 1. The zero-order chi connectivity index (χ0) is 13.6. The summed E-state index contributed by atoms with van der Waals surface area (Å²) in [7, 11) is 0. The molecule has 1 fully saturated rings. The molecule has 20 heavy (non-hydrogen) atoms. The highest BCUT2D eigenvalue weighted by Crippen LogP contribution is 2.20. The molecule has 4 nitrogen and oxygen atoms in total. The predicted molar refractivity (Wildman–Crippen MR) is 84.1 cm³/mol. The van der Waals surface area contributed by atoms with E-state index in [9.17, 15) is 0 Å². The van der Waals surface area contributed by atoms with Crippen molar-refractivity contribution in [1.82, 2.24) is 14.8 Å². The molecule has 0 bridgehead atoms. The Balaban J connectivity index is 1.51. The first kappa shape index (κ1) is 13.5. The lowest BCUT2D eigenvalue weighted by Gasteiger charge is -2.22. The maximum atomic E-state index is 4.60. The SMILES string of the molecule is c1cc(CCn2ccc(NC3CCCSC3)n2)ccn1. The van der Waals surface area contributed by atoms with Crippen molar-refractivity contribution >= 4 is 17.6 Å². The molecule has 1 aliphatic heterocycles. The van der Waals surface area contributed by atoms with Crippen molar-refractivity contribution < 1.29 is 0 Å². The lowest BCUT2D eigenvalue weighted by Crippen LogP contribution is -2.26. The van der Waals surface area contributed by atoms with Gasteiger partial charge in [-0.1, -0.05) is 0 Å². The van der Waals surface area contributed by atoms with Crippen LogP contribution in [0.5, 0.6) is 0 Å². The van der Waals surface area contributed by atoms with Gasteiger partial charge in [-0.15, -0.1) is 0 Å². The first-order chi connectivity index (χ1) is 9.90. The minimum absolute atomic E-state index is 0.581. The molecule has 2 aromatic heterocycles. The molecule has 1 N–H and O–H groups in total. The average molecular weight is 288 g/mol. The van der Waals surface area contributed by atoms with Crippen molar-refractivity contribution in [3.63, 3.8) is 0 Å². The molecule has 0 radical (unpaired) electrons. The van der Waals surface area contributed by atoms with E-state index < -0.39 is 0 Å². The number of nitrogens with zero attached hydrogens (tertiary/aromatic N) is 3. The predicted octanol–water partition coefficient (Wildman–Crippen LogP) is 2.83. The maximum Gasteiger partial charge on any atom is 0.148 e. The summed E-state index contributed by atoms with van der Waals surface area (Å²) < 4.78 is 2.01. The first-order valence-electron chi connectivity index (χ1n) is 7.17. The van der Waals surface area contributed by atoms with E-state index >= 15 is 0 Å². The van der Waals surface area contributed by atoms with Crippen LogP contribution in [-0.2, 0) is 13.0 Å². The molecule has 3 rings (SSSR count). The molecule has 3 heterocycles. The van der Waals surface area contributed by atoms with E-state index in [1.807, 2.05) is 28.8 Å². The van der Waals surface area contributed by atoms with Gasteiger partial charge in [0.25, 0.3) is 0 Å². The summed E-state index contributed by atoms with van der Waals surface area (Å²) in [5.74, 6) is 3.51. The van der Waals surface area contributed by atoms with Gasteiger partial charge in [-0.2, -0.15) is 16.9 Å². The van der Waals surface area contributed by atoms with Crippen molar-refractivity contribution in [2.75, 3.05) is 16.8 Å². The van der Waals surface area contributed by atoms with E-state index in [4.69, 9.17) is 0 Å². The monoisotopic (exact) mass is 288 g/mol. The van der Waals surface area contributed by atoms with Crippen LogP contribution in [0.2, 0.25) is 0 Å². The van der Waals surface area contributed by atoms with E-state index in [1.54, 1.807) is 0 Å². The Kier molecular flexibility index (Phi) is 4.58. The van der Waals surface area contributed by atoms with Crippen molar-refractivity contribution in [3.05, 3.63) is 42.4 Å². The summed E-state index contributed by atoms with van der Waals surface area (Å²) in [6.07, 6.45) is 9.29. The average Bonchev–Trinajstić information content (AvgIpc) is 2.95. The van der Waals surface area contributed by atoms with Gasteiger partial charge in [0, 0.05) is 43.0 Å². The molecule has 5 heteroatoms. The fourth-order valence-corrected chi connectivity index (χ4v) is 3.49. The molecular formula is C15H20N4S. The van der Waals surface area contributed by atoms with E-state index in [2.05, 4.69) is 39.8 Å². The Morgan fingerprint density at radius 1 is 1.30 bits per heavy atom. The van der Waals surface area contributed by atoms with Crippen LogP contribution >= 0.6 is 11.8 Å². The Morgan fingerprint density at radius 3 is 3.00 bits per heavy atom. The molecule has 0 aliphatic carbocycles. The zero-order valence-corrected chi connectivity index (χ0v) is 12.4. The largest absolute Gasteiger partial charge is 0.365 e. The quantitative estimate of drug-likeness (QED) is 0.918. The van der Waals surface area contributed by atoms with Gasteiger partial charge in [-0.05, 0) is 42.7 Å². The highest BCUT2D eigenvalue weighted by Gasteiger charge is 2.14. The van der Waals surface area contributed by atoms with Crippen LogP contribution in [0.15, 0.2) is 36.8 Å². The van der Waals surface area contributed by atoms with Crippen LogP contribution in [0.1, 0.15) is 18.4 Å². The standard InChI is InChI=1S/C15H20N4S/c1-2-14(12-20-11-1)17-15-6-10-19(18-15)9-5-13-3-7-16-8-4-13/h3-4,6-8,10,14H,1-2,5,9,11-12H2,(H,17,18). The summed E-state index contributed by atoms with van der Waals surface area (Å²) in [5, 5.41) is 8.14. The second-order valence-electron chi connectivity index (χ2n) is 5.13. The molecule has 1 saturated heterocycles. The maximum absolute atomic E-state index is 4.60. The number of hydrogen-bond acceptors (Lipinski definition) is 4. The van der Waals surface area contributed by atoms with Crippen LogP contribution < -0.4 is 5.32 Å². The van der Waals surface area contributed by atoms with Crippen molar-refractivity contribution in [3.8, 4) is 0 Å². The van der Waals surface area contributed by atoms with Gasteiger partial charge in [-0.25, -0.2) is 0 Å². The van der Waals surface area contributed by atoms with E-state index in [1.165, 1.54) is 29.9 Å². The molecule has 1 unspecified atom stereocenters. The van der Waals surface area contributed by atoms with Crippen LogP contribution in [0.4, 0.5) is 5.82 Å². The number of rotatable bonds is 5.